The molecule has 0 aliphatic rings. The van der Waals surface area contributed by atoms with Gasteiger partial charge in [0.25, 0.3) is 0 Å². The summed E-state index contributed by atoms with van der Waals surface area (Å²) < 4.78 is 10.7. The van der Waals surface area contributed by atoms with E-state index in [1.54, 1.807) is 0 Å². The molecule has 0 saturated carbocycles. The highest BCUT2D eigenvalue weighted by molar-refractivity contribution is 7.84. The van der Waals surface area contributed by atoms with Gasteiger partial charge in [0.2, 0.25) is 0 Å². The topological polar surface area (TPSA) is 91.7 Å². The van der Waals surface area contributed by atoms with E-state index in [4.69, 9.17) is 10.2 Å². The zero-order valence-electron chi connectivity index (χ0n) is 7.23. The minimum absolute atomic E-state index is 0.124. The van der Waals surface area contributed by atoms with Crippen LogP contribution in [0, 0.1) is 5.92 Å². The number of rotatable bonds is 6. The second kappa shape index (κ2) is 5.69. The number of carbonyl (C=O) groups is 2. The Kier molecular flexibility index (Phi) is 5.29. The van der Waals surface area contributed by atoms with Gasteiger partial charge in [-0.15, -0.1) is 0 Å². The first-order valence-electron chi connectivity index (χ1n) is 3.65. The van der Waals surface area contributed by atoms with Crippen LogP contribution in [0.1, 0.15) is 12.8 Å². The highest BCUT2D eigenvalue weighted by Gasteiger charge is 2.17. The Labute approximate surface area is 78.2 Å². The van der Waals surface area contributed by atoms with Crippen LogP contribution in [0.3, 0.4) is 0 Å². The number of hydrogen-bond acceptors (Lipinski definition) is 3. The van der Waals surface area contributed by atoms with Gasteiger partial charge in [-0.2, -0.15) is 0 Å². The number of aliphatic carboxylic acids is 2. The predicted molar refractivity (Wildman–Crippen MR) is 46.9 cm³/mol. The van der Waals surface area contributed by atoms with Crippen LogP contribution in [-0.2, 0) is 20.4 Å². The van der Waals surface area contributed by atoms with Crippen LogP contribution >= 0.6 is 0 Å². The lowest BCUT2D eigenvalue weighted by atomic mass is 10.0. The van der Waals surface area contributed by atoms with Crippen LogP contribution in [0.2, 0.25) is 0 Å². The summed E-state index contributed by atoms with van der Waals surface area (Å²) in [4.78, 5) is 20.6. The summed E-state index contributed by atoms with van der Waals surface area (Å²) in [5, 5.41) is 16.8. The maximum atomic E-state index is 10.7. The molecule has 0 aromatic carbocycles. The quantitative estimate of drug-likeness (QED) is 0.637. The van der Waals surface area contributed by atoms with Crippen molar-refractivity contribution in [2.45, 2.75) is 12.8 Å². The van der Waals surface area contributed by atoms with Crippen molar-refractivity contribution in [3.05, 3.63) is 0 Å². The highest BCUT2D eigenvalue weighted by Crippen LogP contribution is 2.09. The van der Waals surface area contributed by atoms with Crippen LogP contribution in [0.5, 0.6) is 0 Å². The van der Waals surface area contributed by atoms with E-state index in [0.29, 0.717) is 0 Å². The van der Waals surface area contributed by atoms with Gasteiger partial charge in [0, 0.05) is 35.6 Å². The Morgan fingerprint density at radius 2 is 1.62 bits per heavy atom. The van der Waals surface area contributed by atoms with Crippen molar-refractivity contribution in [3.63, 3.8) is 0 Å². The van der Waals surface area contributed by atoms with E-state index in [1.807, 2.05) is 0 Å². The Morgan fingerprint density at radius 1 is 1.23 bits per heavy atom. The molecule has 0 aliphatic heterocycles. The molecule has 0 aromatic rings. The maximum Gasteiger partial charge on any atom is 0.303 e. The molecule has 5 nitrogen and oxygen atoms in total. The molecular weight excluding hydrogens is 196 g/mol. The molecule has 13 heavy (non-hydrogen) atoms. The normalized spacial score (nSPS) is 12.8. The van der Waals surface area contributed by atoms with E-state index < -0.39 is 28.7 Å². The molecule has 0 bridgehead atoms. The standard InChI is InChI=1S/C7H12O5S/c1-13(12)4-5(2-6(8)9)3-7(10)11/h5H,2-4H2,1H3,(H,8,9)(H,10,11). The van der Waals surface area contributed by atoms with Gasteiger partial charge >= 0.3 is 11.9 Å². The molecule has 0 fully saturated rings. The van der Waals surface area contributed by atoms with Crippen LogP contribution in [0.25, 0.3) is 0 Å². The molecular formula is C7H12O5S. The third-order valence-corrected chi connectivity index (χ3v) is 2.34. The molecule has 0 aromatic heterocycles. The van der Waals surface area contributed by atoms with Gasteiger partial charge in [-0.25, -0.2) is 0 Å². The number of carboxylic acid groups (broad SMARTS) is 2. The fourth-order valence-corrected chi connectivity index (χ4v) is 1.92. The van der Waals surface area contributed by atoms with Gasteiger partial charge in [0.15, 0.2) is 0 Å². The molecule has 0 rings (SSSR count). The highest BCUT2D eigenvalue weighted by atomic mass is 32.2. The van der Waals surface area contributed by atoms with Gasteiger partial charge in [0.1, 0.15) is 0 Å². The number of carboxylic acids is 2. The van der Waals surface area contributed by atoms with E-state index in [2.05, 4.69) is 0 Å². The fraction of sp³-hybridized carbons (Fsp3) is 0.714. The monoisotopic (exact) mass is 208 g/mol. The van der Waals surface area contributed by atoms with E-state index in [-0.39, 0.29) is 18.6 Å². The zero-order valence-corrected chi connectivity index (χ0v) is 8.04. The van der Waals surface area contributed by atoms with Gasteiger partial charge in [-0.05, 0) is 5.92 Å². The SMILES string of the molecule is CS(=O)CC(CC(=O)O)CC(=O)O. The minimum Gasteiger partial charge on any atom is -0.481 e. The van der Waals surface area contributed by atoms with Gasteiger partial charge < -0.3 is 10.2 Å². The van der Waals surface area contributed by atoms with Crippen LogP contribution in [0.4, 0.5) is 0 Å². The molecule has 0 heterocycles. The van der Waals surface area contributed by atoms with Crippen molar-refractivity contribution < 1.29 is 24.0 Å². The molecule has 0 aliphatic carbocycles. The number of hydrogen-bond donors (Lipinski definition) is 2. The van der Waals surface area contributed by atoms with Crippen molar-refractivity contribution >= 4 is 22.7 Å². The van der Waals surface area contributed by atoms with Crippen molar-refractivity contribution in [3.8, 4) is 0 Å². The summed E-state index contributed by atoms with van der Waals surface area (Å²) >= 11 is 0. The zero-order chi connectivity index (χ0) is 10.4. The second-order valence-electron chi connectivity index (χ2n) is 2.80. The second-order valence-corrected chi connectivity index (χ2v) is 4.28. The summed E-state index contributed by atoms with van der Waals surface area (Å²) in [6.07, 6.45) is 0.939. The van der Waals surface area contributed by atoms with Crippen LogP contribution in [0.15, 0.2) is 0 Å². The van der Waals surface area contributed by atoms with Crippen LogP contribution in [-0.4, -0.2) is 38.4 Å². The van der Waals surface area contributed by atoms with E-state index >= 15 is 0 Å². The first-order valence-corrected chi connectivity index (χ1v) is 5.38. The molecule has 1 atom stereocenters. The average Bonchev–Trinajstić information content (AvgIpc) is 1.80. The molecule has 0 amide bonds. The predicted octanol–water partition coefficient (Wildman–Crippen LogP) is -0.0695. The molecule has 76 valence electrons. The largest absolute Gasteiger partial charge is 0.481 e. The van der Waals surface area contributed by atoms with Crippen molar-refractivity contribution in [2.75, 3.05) is 12.0 Å². The van der Waals surface area contributed by atoms with E-state index in [9.17, 15) is 13.8 Å². The van der Waals surface area contributed by atoms with Gasteiger partial charge in [0.05, 0.1) is 0 Å². The minimum atomic E-state index is -1.16. The maximum absolute atomic E-state index is 10.7. The first kappa shape index (κ1) is 12.1. The Morgan fingerprint density at radius 3 is 1.85 bits per heavy atom. The average molecular weight is 208 g/mol. The third kappa shape index (κ3) is 7.45. The Bertz CT molecular complexity index is 187. The molecule has 2 N–H and O–H groups in total. The lowest BCUT2D eigenvalue weighted by Crippen LogP contribution is -2.18. The lowest BCUT2D eigenvalue weighted by molar-refractivity contribution is -0.140. The Hall–Kier alpha value is -0.910. The summed E-state index contributed by atoms with van der Waals surface area (Å²) in [5.41, 5.74) is 0. The van der Waals surface area contributed by atoms with Crippen LogP contribution < -0.4 is 0 Å². The van der Waals surface area contributed by atoms with Gasteiger partial charge in [-0.3, -0.25) is 13.8 Å². The first-order chi connectivity index (χ1) is 5.91. The van der Waals surface area contributed by atoms with E-state index in [1.165, 1.54) is 6.26 Å². The van der Waals surface area contributed by atoms with Crippen molar-refractivity contribution in [1.82, 2.24) is 0 Å². The summed E-state index contributed by atoms with van der Waals surface area (Å²) in [6, 6.07) is 0. The van der Waals surface area contributed by atoms with Crippen molar-refractivity contribution in [2.24, 2.45) is 5.92 Å². The summed E-state index contributed by atoms with van der Waals surface area (Å²) in [6.45, 7) is 0. The summed E-state index contributed by atoms with van der Waals surface area (Å²) in [5.74, 6) is -2.53. The molecule has 1 unspecified atom stereocenters. The van der Waals surface area contributed by atoms with E-state index in [0.717, 1.165) is 0 Å². The third-order valence-electron chi connectivity index (χ3n) is 1.40. The van der Waals surface area contributed by atoms with Crippen molar-refractivity contribution in [1.29, 1.82) is 0 Å². The fourth-order valence-electron chi connectivity index (χ4n) is 1.02. The summed E-state index contributed by atoms with van der Waals surface area (Å²) in [7, 11) is -1.16. The molecule has 0 radical (unpaired) electrons. The molecule has 0 saturated heterocycles. The smallest absolute Gasteiger partial charge is 0.303 e. The molecule has 6 heteroatoms. The Balaban J connectivity index is 4.10. The van der Waals surface area contributed by atoms with Gasteiger partial charge in [-0.1, -0.05) is 0 Å². The lowest BCUT2D eigenvalue weighted by Gasteiger charge is -2.09. The molecule has 0 spiro atoms.